The van der Waals surface area contributed by atoms with E-state index >= 15 is 0 Å². The Kier molecular flexibility index (Phi) is 5.35. The highest BCUT2D eigenvalue weighted by atomic mass is 35.5. The van der Waals surface area contributed by atoms with Crippen LogP contribution in [0.15, 0.2) is 18.2 Å². The van der Waals surface area contributed by atoms with Crippen LogP contribution in [0.3, 0.4) is 0 Å². The number of benzene rings is 1. The molecule has 0 aliphatic rings. The molecule has 0 spiro atoms. The lowest BCUT2D eigenvalue weighted by atomic mass is 10.2. The molecular formula is C12H18ClFSSi. The van der Waals surface area contributed by atoms with E-state index in [4.69, 9.17) is 11.6 Å². The van der Waals surface area contributed by atoms with Crippen LogP contribution in [0.2, 0.25) is 30.7 Å². The minimum absolute atomic E-state index is 0.263. The van der Waals surface area contributed by atoms with E-state index in [0.29, 0.717) is 5.02 Å². The van der Waals surface area contributed by atoms with Gasteiger partial charge in [0.25, 0.3) is 0 Å². The van der Waals surface area contributed by atoms with Crippen molar-refractivity contribution < 1.29 is 4.39 Å². The van der Waals surface area contributed by atoms with Gasteiger partial charge in [0.05, 0.1) is 0 Å². The molecule has 0 amide bonds. The third-order valence-electron chi connectivity index (χ3n) is 2.27. The van der Waals surface area contributed by atoms with Crippen molar-refractivity contribution >= 4 is 31.4 Å². The first-order valence-corrected chi connectivity index (χ1v) is 10.6. The second kappa shape index (κ2) is 6.08. The predicted molar refractivity (Wildman–Crippen MR) is 75.7 cm³/mol. The number of halogens is 2. The molecule has 4 heteroatoms. The molecule has 0 heterocycles. The summed E-state index contributed by atoms with van der Waals surface area (Å²) in [5, 5.41) is 0.542. The van der Waals surface area contributed by atoms with Crippen molar-refractivity contribution in [2.24, 2.45) is 0 Å². The van der Waals surface area contributed by atoms with Crippen LogP contribution >= 0.6 is 23.4 Å². The Morgan fingerprint density at radius 1 is 1.31 bits per heavy atom. The third kappa shape index (κ3) is 5.37. The smallest absolute Gasteiger partial charge is 0.124 e. The molecule has 0 aliphatic carbocycles. The van der Waals surface area contributed by atoms with Gasteiger partial charge in [-0.1, -0.05) is 37.3 Å². The summed E-state index contributed by atoms with van der Waals surface area (Å²) in [5.74, 6) is 1.79. The van der Waals surface area contributed by atoms with Gasteiger partial charge in [-0.2, -0.15) is 11.8 Å². The molecule has 0 aliphatic heterocycles. The van der Waals surface area contributed by atoms with E-state index in [1.165, 1.54) is 23.9 Å². The predicted octanol–water partition coefficient (Wildman–Crippen LogP) is 5.05. The summed E-state index contributed by atoms with van der Waals surface area (Å²) >= 11 is 7.83. The highest BCUT2D eigenvalue weighted by Gasteiger charge is 2.12. The lowest BCUT2D eigenvalue weighted by Crippen LogP contribution is -2.19. The molecular weight excluding hydrogens is 259 g/mol. The molecule has 0 saturated carbocycles. The normalized spacial score (nSPS) is 11.8. The standard InChI is InChI=1S/C12H18ClFSSi/c1-16(2,3)7-6-15-9-10-4-5-11(14)8-12(10)13/h4-5,8H,6-7,9H2,1-3H3. The maximum absolute atomic E-state index is 12.8. The van der Waals surface area contributed by atoms with Gasteiger partial charge in [-0.3, -0.25) is 0 Å². The molecule has 0 bridgehead atoms. The van der Waals surface area contributed by atoms with Crippen molar-refractivity contribution in [2.75, 3.05) is 5.75 Å². The third-order valence-corrected chi connectivity index (χ3v) is 5.74. The lowest BCUT2D eigenvalue weighted by Gasteiger charge is -2.14. The first-order chi connectivity index (χ1) is 7.38. The van der Waals surface area contributed by atoms with Crippen LogP contribution < -0.4 is 0 Å². The summed E-state index contributed by atoms with van der Waals surface area (Å²) in [7, 11) is -0.932. The SMILES string of the molecule is C[Si](C)(C)CCSCc1ccc(F)cc1Cl. The molecule has 1 rings (SSSR count). The summed E-state index contributed by atoms with van der Waals surface area (Å²) in [6.07, 6.45) is 0. The van der Waals surface area contributed by atoms with Crippen LogP contribution in [0.5, 0.6) is 0 Å². The number of thioether (sulfide) groups is 1. The number of rotatable bonds is 5. The fourth-order valence-corrected chi connectivity index (χ4v) is 5.16. The van der Waals surface area contributed by atoms with Crippen LogP contribution in [0, 0.1) is 5.82 Å². The Labute approximate surface area is 108 Å². The van der Waals surface area contributed by atoms with Crippen molar-refractivity contribution in [2.45, 2.75) is 31.4 Å². The topological polar surface area (TPSA) is 0 Å². The second-order valence-corrected chi connectivity index (χ2v) is 12.2. The van der Waals surface area contributed by atoms with Crippen molar-refractivity contribution in [3.63, 3.8) is 0 Å². The average Bonchev–Trinajstić information content (AvgIpc) is 2.13. The summed E-state index contributed by atoms with van der Waals surface area (Å²) in [6, 6.07) is 5.95. The van der Waals surface area contributed by atoms with Gasteiger partial charge in [-0.15, -0.1) is 0 Å². The molecule has 0 nitrogen and oxygen atoms in total. The average molecular weight is 277 g/mol. The number of hydrogen-bond acceptors (Lipinski definition) is 1. The van der Waals surface area contributed by atoms with Crippen LogP contribution in [0.1, 0.15) is 5.56 Å². The molecule has 90 valence electrons. The fourth-order valence-electron chi connectivity index (χ4n) is 1.20. The quantitative estimate of drug-likeness (QED) is 0.536. The lowest BCUT2D eigenvalue weighted by molar-refractivity contribution is 0.627. The first-order valence-electron chi connectivity index (χ1n) is 5.40. The minimum Gasteiger partial charge on any atom is -0.207 e. The Bertz CT molecular complexity index is 349. The molecule has 0 unspecified atom stereocenters. The summed E-state index contributed by atoms with van der Waals surface area (Å²) in [4.78, 5) is 0. The molecule has 1 aromatic rings. The van der Waals surface area contributed by atoms with E-state index in [-0.39, 0.29) is 5.82 Å². The van der Waals surface area contributed by atoms with E-state index in [0.717, 1.165) is 11.3 Å². The van der Waals surface area contributed by atoms with Crippen LogP contribution in [-0.2, 0) is 5.75 Å². The van der Waals surface area contributed by atoms with Gasteiger partial charge in [0.2, 0.25) is 0 Å². The molecule has 0 N–H and O–H groups in total. The van der Waals surface area contributed by atoms with Gasteiger partial charge >= 0.3 is 0 Å². The van der Waals surface area contributed by atoms with Crippen molar-refractivity contribution in [3.8, 4) is 0 Å². The Morgan fingerprint density at radius 2 is 2.00 bits per heavy atom. The van der Waals surface area contributed by atoms with Crippen LogP contribution in [0.25, 0.3) is 0 Å². The maximum atomic E-state index is 12.8. The highest BCUT2D eigenvalue weighted by molar-refractivity contribution is 7.98. The van der Waals surface area contributed by atoms with E-state index in [1.54, 1.807) is 6.07 Å². The van der Waals surface area contributed by atoms with Gasteiger partial charge in [-0.05, 0) is 29.5 Å². The molecule has 16 heavy (non-hydrogen) atoms. The monoisotopic (exact) mass is 276 g/mol. The van der Waals surface area contributed by atoms with Crippen molar-refractivity contribution in [1.29, 1.82) is 0 Å². The zero-order chi connectivity index (χ0) is 12.2. The van der Waals surface area contributed by atoms with Crippen molar-refractivity contribution in [1.82, 2.24) is 0 Å². The van der Waals surface area contributed by atoms with Crippen LogP contribution in [-0.4, -0.2) is 13.8 Å². The molecule has 0 radical (unpaired) electrons. The van der Waals surface area contributed by atoms with E-state index < -0.39 is 8.07 Å². The van der Waals surface area contributed by atoms with Gasteiger partial charge in [0.15, 0.2) is 0 Å². The van der Waals surface area contributed by atoms with E-state index in [9.17, 15) is 4.39 Å². The van der Waals surface area contributed by atoms with Gasteiger partial charge in [0, 0.05) is 18.8 Å². The fraction of sp³-hybridized carbons (Fsp3) is 0.500. The molecule has 0 atom stereocenters. The first kappa shape index (κ1) is 14.1. The Hall–Kier alpha value is 0.00688. The van der Waals surface area contributed by atoms with Crippen LogP contribution in [0.4, 0.5) is 4.39 Å². The summed E-state index contributed by atoms with van der Waals surface area (Å²) < 4.78 is 12.8. The van der Waals surface area contributed by atoms with Gasteiger partial charge in [-0.25, -0.2) is 4.39 Å². The molecule has 0 saturated heterocycles. The zero-order valence-corrected chi connectivity index (χ0v) is 12.6. The van der Waals surface area contributed by atoms with Gasteiger partial charge < -0.3 is 0 Å². The zero-order valence-electron chi connectivity index (χ0n) is 10.0. The molecule has 1 aromatic carbocycles. The molecule has 0 aromatic heterocycles. The van der Waals surface area contributed by atoms with Crippen molar-refractivity contribution in [3.05, 3.63) is 34.6 Å². The highest BCUT2D eigenvalue weighted by Crippen LogP contribution is 2.23. The minimum atomic E-state index is -0.932. The summed E-state index contributed by atoms with van der Waals surface area (Å²) in [6.45, 7) is 7.12. The van der Waals surface area contributed by atoms with E-state index in [1.807, 2.05) is 11.8 Å². The van der Waals surface area contributed by atoms with Gasteiger partial charge in [0.1, 0.15) is 5.82 Å². The number of hydrogen-bond donors (Lipinski definition) is 0. The second-order valence-electron chi connectivity index (χ2n) is 5.10. The Balaban J connectivity index is 2.38. The molecule has 0 fully saturated rings. The van der Waals surface area contributed by atoms with E-state index in [2.05, 4.69) is 19.6 Å². The maximum Gasteiger partial charge on any atom is 0.124 e. The Morgan fingerprint density at radius 3 is 2.56 bits per heavy atom. The largest absolute Gasteiger partial charge is 0.207 e. The summed E-state index contributed by atoms with van der Waals surface area (Å²) in [5.41, 5.74) is 1.03.